The minimum Gasteiger partial charge on any atom is -0.497 e. The van der Waals surface area contributed by atoms with Gasteiger partial charge >= 0.3 is 5.97 Å². The number of esters is 1. The predicted molar refractivity (Wildman–Crippen MR) is 67.4 cm³/mol. The summed E-state index contributed by atoms with van der Waals surface area (Å²) in [6, 6.07) is 3.60. The van der Waals surface area contributed by atoms with E-state index in [1.807, 2.05) is 6.07 Å². The molecule has 1 aromatic rings. The molecule has 0 amide bonds. The van der Waals surface area contributed by atoms with Crippen molar-refractivity contribution in [3.8, 4) is 11.5 Å². The number of carbonyl (C=O) groups excluding carboxylic acids is 1. The standard InChI is InChI=1S/C14H18O4/c1-4-5-10-6-9-7-11(16-2)8-12(17-3)13(9)14(15)18-10/h7-8,10H,4-6H2,1-3H3/t10-/m1/s1. The Bertz CT molecular complexity index is 453. The molecule has 1 heterocycles. The fourth-order valence-corrected chi connectivity index (χ4v) is 2.30. The minimum atomic E-state index is -0.297. The smallest absolute Gasteiger partial charge is 0.342 e. The molecule has 0 N–H and O–H groups in total. The lowest BCUT2D eigenvalue weighted by Gasteiger charge is -2.26. The summed E-state index contributed by atoms with van der Waals surface area (Å²) in [5.74, 6) is 0.925. The SMILES string of the molecule is CCC[C@@H]1Cc2cc(OC)cc(OC)c2C(=O)O1. The Balaban J connectivity index is 2.41. The lowest BCUT2D eigenvalue weighted by molar-refractivity contribution is 0.0232. The molecule has 1 aliphatic rings. The second kappa shape index (κ2) is 5.29. The molecule has 1 atom stereocenters. The van der Waals surface area contributed by atoms with Crippen LogP contribution < -0.4 is 9.47 Å². The van der Waals surface area contributed by atoms with Crippen molar-refractivity contribution >= 4 is 5.97 Å². The first-order valence-corrected chi connectivity index (χ1v) is 6.15. The van der Waals surface area contributed by atoms with E-state index >= 15 is 0 Å². The van der Waals surface area contributed by atoms with Crippen molar-refractivity contribution in [3.05, 3.63) is 23.3 Å². The summed E-state index contributed by atoms with van der Waals surface area (Å²) >= 11 is 0. The molecule has 1 aromatic carbocycles. The van der Waals surface area contributed by atoms with Gasteiger partial charge in [-0.2, -0.15) is 0 Å². The van der Waals surface area contributed by atoms with Gasteiger partial charge in [0.25, 0.3) is 0 Å². The molecule has 0 unspecified atom stereocenters. The first kappa shape index (κ1) is 12.7. The summed E-state index contributed by atoms with van der Waals surface area (Å²) in [6.45, 7) is 2.08. The fourth-order valence-electron chi connectivity index (χ4n) is 2.30. The summed E-state index contributed by atoms with van der Waals surface area (Å²) < 4.78 is 15.9. The maximum Gasteiger partial charge on any atom is 0.342 e. The molecule has 0 aromatic heterocycles. The normalized spacial score (nSPS) is 17.9. The Hall–Kier alpha value is -1.71. The highest BCUT2D eigenvalue weighted by Gasteiger charge is 2.29. The molecule has 4 nitrogen and oxygen atoms in total. The molecule has 0 aliphatic carbocycles. The quantitative estimate of drug-likeness (QED) is 0.770. The Morgan fingerprint density at radius 2 is 2.11 bits per heavy atom. The zero-order valence-corrected chi connectivity index (χ0v) is 11.0. The van der Waals surface area contributed by atoms with Gasteiger partial charge < -0.3 is 14.2 Å². The molecule has 0 bridgehead atoms. The van der Waals surface area contributed by atoms with Gasteiger partial charge in [0.15, 0.2) is 0 Å². The van der Waals surface area contributed by atoms with E-state index in [1.165, 1.54) is 0 Å². The van der Waals surface area contributed by atoms with E-state index in [1.54, 1.807) is 20.3 Å². The van der Waals surface area contributed by atoms with Crippen molar-refractivity contribution in [1.82, 2.24) is 0 Å². The van der Waals surface area contributed by atoms with Crippen LogP contribution in [0.1, 0.15) is 35.7 Å². The first-order valence-electron chi connectivity index (χ1n) is 6.15. The van der Waals surface area contributed by atoms with E-state index in [9.17, 15) is 4.79 Å². The summed E-state index contributed by atoms with van der Waals surface area (Å²) in [5.41, 5.74) is 1.48. The van der Waals surface area contributed by atoms with Crippen molar-refractivity contribution in [3.63, 3.8) is 0 Å². The van der Waals surface area contributed by atoms with E-state index in [0.29, 0.717) is 17.1 Å². The molecular weight excluding hydrogens is 232 g/mol. The van der Waals surface area contributed by atoms with Crippen LogP contribution >= 0.6 is 0 Å². The van der Waals surface area contributed by atoms with E-state index < -0.39 is 0 Å². The van der Waals surface area contributed by atoms with Crippen molar-refractivity contribution in [2.75, 3.05) is 14.2 Å². The summed E-state index contributed by atoms with van der Waals surface area (Å²) in [6.07, 6.45) is 2.56. The van der Waals surface area contributed by atoms with Crippen LogP contribution in [-0.2, 0) is 11.2 Å². The second-order valence-corrected chi connectivity index (χ2v) is 4.38. The monoisotopic (exact) mass is 250 g/mol. The largest absolute Gasteiger partial charge is 0.497 e. The lowest BCUT2D eigenvalue weighted by Crippen LogP contribution is -2.28. The Kier molecular flexibility index (Phi) is 3.75. The van der Waals surface area contributed by atoms with Gasteiger partial charge in [-0.3, -0.25) is 0 Å². The van der Waals surface area contributed by atoms with Gasteiger partial charge in [-0.05, 0) is 18.1 Å². The van der Waals surface area contributed by atoms with Gasteiger partial charge in [0.05, 0.1) is 14.2 Å². The fraction of sp³-hybridized carbons (Fsp3) is 0.500. The third kappa shape index (κ3) is 2.28. The van der Waals surface area contributed by atoms with Gasteiger partial charge in [0, 0.05) is 12.5 Å². The predicted octanol–water partition coefficient (Wildman–Crippen LogP) is 2.59. The highest BCUT2D eigenvalue weighted by molar-refractivity contribution is 5.95. The average Bonchev–Trinajstić information content (AvgIpc) is 2.37. The van der Waals surface area contributed by atoms with Crippen LogP contribution in [0.3, 0.4) is 0 Å². The van der Waals surface area contributed by atoms with Gasteiger partial charge in [0.2, 0.25) is 0 Å². The maximum atomic E-state index is 12.0. The van der Waals surface area contributed by atoms with Crippen LogP contribution in [0.2, 0.25) is 0 Å². The second-order valence-electron chi connectivity index (χ2n) is 4.38. The number of cyclic esters (lactones) is 1. The summed E-state index contributed by atoms with van der Waals surface area (Å²) in [7, 11) is 3.15. The summed E-state index contributed by atoms with van der Waals surface area (Å²) in [4.78, 5) is 12.0. The molecule has 0 saturated heterocycles. The number of hydrogen-bond acceptors (Lipinski definition) is 4. The molecule has 0 radical (unpaired) electrons. The third-order valence-corrected chi connectivity index (χ3v) is 3.15. The van der Waals surface area contributed by atoms with E-state index in [4.69, 9.17) is 14.2 Å². The van der Waals surface area contributed by atoms with Crippen molar-refractivity contribution < 1.29 is 19.0 Å². The Morgan fingerprint density at radius 3 is 2.72 bits per heavy atom. The number of benzene rings is 1. The van der Waals surface area contributed by atoms with Crippen LogP contribution in [0, 0.1) is 0 Å². The number of fused-ring (bicyclic) bond motifs is 1. The zero-order chi connectivity index (χ0) is 13.1. The van der Waals surface area contributed by atoms with Gasteiger partial charge in [-0.15, -0.1) is 0 Å². The third-order valence-electron chi connectivity index (χ3n) is 3.15. The van der Waals surface area contributed by atoms with Crippen LogP contribution in [-0.4, -0.2) is 26.3 Å². The number of rotatable bonds is 4. The van der Waals surface area contributed by atoms with Crippen molar-refractivity contribution in [1.29, 1.82) is 0 Å². The van der Waals surface area contributed by atoms with Crippen molar-refractivity contribution in [2.24, 2.45) is 0 Å². The highest BCUT2D eigenvalue weighted by atomic mass is 16.5. The minimum absolute atomic E-state index is 0.0354. The topological polar surface area (TPSA) is 44.8 Å². The van der Waals surface area contributed by atoms with Gasteiger partial charge in [-0.25, -0.2) is 4.79 Å². The molecule has 0 fully saturated rings. The van der Waals surface area contributed by atoms with E-state index in [-0.39, 0.29) is 12.1 Å². The van der Waals surface area contributed by atoms with Crippen LogP contribution in [0.4, 0.5) is 0 Å². The maximum absolute atomic E-state index is 12.0. The average molecular weight is 250 g/mol. The van der Waals surface area contributed by atoms with E-state index in [2.05, 4.69) is 6.92 Å². The number of hydrogen-bond donors (Lipinski definition) is 0. The van der Waals surface area contributed by atoms with Crippen LogP contribution in [0.25, 0.3) is 0 Å². The Morgan fingerprint density at radius 1 is 1.33 bits per heavy atom. The Labute approximate surface area is 107 Å². The molecular formula is C14H18O4. The van der Waals surface area contributed by atoms with Crippen LogP contribution in [0.15, 0.2) is 12.1 Å². The molecule has 0 saturated carbocycles. The molecule has 2 rings (SSSR count). The van der Waals surface area contributed by atoms with Crippen LogP contribution in [0.5, 0.6) is 11.5 Å². The molecule has 98 valence electrons. The van der Waals surface area contributed by atoms with Gasteiger partial charge in [0.1, 0.15) is 23.2 Å². The lowest BCUT2D eigenvalue weighted by atomic mass is 9.95. The highest BCUT2D eigenvalue weighted by Crippen LogP contribution is 2.34. The molecule has 4 heteroatoms. The van der Waals surface area contributed by atoms with E-state index in [0.717, 1.165) is 24.8 Å². The molecule has 1 aliphatic heterocycles. The van der Waals surface area contributed by atoms with Crippen molar-refractivity contribution in [2.45, 2.75) is 32.3 Å². The summed E-state index contributed by atoms with van der Waals surface area (Å²) in [5, 5.41) is 0. The first-order chi connectivity index (χ1) is 8.69. The zero-order valence-electron chi connectivity index (χ0n) is 11.0. The van der Waals surface area contributed by atoms with Gasteiger partial charge in [-0.1, -0.05) is 13.3 Å². The molecule has 0 spiro atoms. The number of ether oxygens (including phenoxy) is 3. The number of methoxy groups -OCH3 is 2. The number of carbonyl (C=O) groups is 1. The molecule has 18 heavy (non-hydrogen) atoms.